The average Bonchev–Trinajstić information content (AvgIpc) is 2.89. The number of carbonyl (C=O) groups is 2. The molecule has 2 atom stereocenters. The van der Waals surface area contributed by atoms with Gasteiger partial charge in [0.1, 0.15) is 5.78 Å². The highest BCUT2D eigenvalue weighted by Crippen LogP contribution is 2.46. The number of hydrogen-bond donors (Lipinski definition) is 2. The average molecular weight is 346 g/mol. The lowest BCUT2D eigenvalue weighted by Crippen LogP contribution is -2.52. The van der Waals surface area contributed by atoms with Crippen molar-refractivity contribution in [3.8, 4) is 0 Å². The molecule has 0 spiro atoms. The van der Waals surface area contributed by atoms with Gasteiger partial charge in [0.15, 0.2) is 14.6 Å². The first-order valence-electron chi connectivity index (χ1n) is 7.98. The second-order valence-corrected chi connectivity index (χ2v) is 9.37. The molecule has 2 bridgehead atoms. The van der Waals surface area contributed by atoms with E-state index < -0.39 is 25.7 Å². The van der Waals surface area contributed by atoms with Crippen molar-refractivity contribution in [2.75, 3.05) is 5.32 Å². The number of rotatable bonds is 2. The Morgan fingerprint density at radius 3 is 2.92 bits per heavy atom. The second kappa shape index (κ2) is 4.92. The van der Waals surface area contributed by atoms with E-state index in [4.69, 9.17) is 0 Å². The molecule has 7 heteroatoms. The van der Waals surface area contributed by atoms with Crippen LogP contribution in [0.4, 0.5) is 5.69 Å². The predicted molar refractivity (Wildman–Crippen MR) is 90.6 cm³/mol. The minimum atomic E-state index is -3.62. The van der Waals surface area contributed by atoms with Crippen molar-refractivity contribution < 1.29 is 18.0 Å². The summed E-state index contributed by atoms with van der Waals surface area (Å²) in [6.45, 7) is 1.94. The summed E-state index contributed by atoms with van der Waals surface area (Å²) in [4.78, 5) is 27.9. The topological polar surface area (TPSA) is 96.1 Å². The Kier molecular flexibility index (Phi) is 3.16. The number of aryl methyl sites for hydroxylation is 1. The third-order valence-corrected chi connectivity index (χ3v) is 8.12. The number of H-pyrrole nitrogens is 1. The Morgan fingerprint density at radius 2 is 2.12 bits per heavy atom. The molecule has 0 radical (unpaired) electrons. The monoisotopic (exact) mass is 346 g/mol. The lowest BCUT2D eigenvalue weighted by atomic mass is 9.97. The number of carbonyl (C=O) groups excluding carboxylic acids is 2. The van der Waals surface area contributed by atoms with E-state index in [9.17, 15) is 18.0 Å². The molecule has 2 N–H and O–H groups in total. The van der Waals surface area contributed by atoms with Crippen molar-refractivity contribution in [2.24, 2.45) is 0 Å². The van der Waals surface area contributed by atoms with Crippen LogP contribution in [0.5, 0.6) is 0 Å². The quantitative estimate of drug-likeness (QED) is 0.870. The van der Waals surface area contributed by atoms with Crippen LogP contribution in [-0.4, -0.2) is 35.1 Å². The number of sulfone groups is 1. The second-order valence-electron chi connectivity index (χ2n) is 6.83. The fraction of sp³-hybridized carbons (Fsp3) is 0.412. The van der Waals surface area contributed by atoms with E-state index in [2.05, 4.69) is 10.3 Å². The highest BCUT2D eigenvalue weighted by Gasteiger charge is 2.62. The van der Waals surface area contributed by atoms with Crippen LogP contribution in [0, 0.1) is 6.92 Å². The minimum Gasteiger partial charge on any atom is -0.359 e. The highest BCUT2D eigenvalue weighted by molar-refractivity contribution is 7.94. The lowest BCUT2D eigenvalue weighted by Gasteiger charge is -2.30. The summed E-state index contributed by atoms with van der Waals surface area (Å²) >= 11 is 0. The van der Waals surface area contributed by atoms with Crippen LogP contribution in [0.3, 0.4) is 0 Å². The zero-order chi connectivity index (χ0) is 17.1. The molecule has 0 saturated carbocycles. The first-order valence-corrected chi connectivity index (χ1v) is 9.52. The molecule has 1 aromatic carbocycles. The maximum Gasteiger partial charge on any atom is 0.246 e. The lowest BCUT2D eigenvalue weighted by molar-refractivity contribution is -0.125. The van der Waals surface area contributed by atoms with Crippen molar-refractivity contribution in [2.45, 2.75) is 42.6 Å². The van der Waals surface area contributed by atoms with Gasteiger partial charge >= 0.3 is 0 Å². The molecule has 1 amide bonds. The van der Waals surface area contributed by atoms with Crippen LogP contribution in [0.15, 0.2) is 24.3 Å². The molecule has 2 aliphatic rings. The fourth-order valence-corrected chi connectivity index (χ4v) is 6.52. The van der Waals surface area contributed by atoms with Crippen LogP contribution in [-0.2, 0) is 19.4 Å². The maximum atomic E-state index is 12.8. The number of Topliss-reactive ketones (excluding diaryl/α,β-unsaturated/α-hetero) is 1. The van der Waals surface area contributed by atoms with E-state index in [1.54, 1.807) is 12.1 Å². The van der Waals surface area contributed by atoms with Gasteiger partial charge in [-0.05, 0) is 44.0 Å². The number of hydrogen-bond acceptors (Lipinski definition) is 4. The Balaban J connectivity index is 1.68. The van der Waals surface area contributed by atoms with Crippen LogP contribution in [0.1, 0.15) is 31.4 Å². The largest absolute Gasteiger partial charge is 0.359 e. The van der Waals surface area contributed by atoms with Gasteiger partial charge in [-0.15, -0.1) is 0 Å². The molecule has 1 aromatic heterocycles. The van der Waals surface area contributed by atoms with E-state index in [1.165, 1.54) is 0 Å². The molecule has 0 aliphatic carbocycles. The number of nitrogens with one attached hydrogen (secondary N) is 2. The van der Waals surface area contributed by atoms with Gasteiger partial charge in [-0.25, -0.2) is 8.42 Å². The van der Waals surface area contributed by atoms with E-state index in [-0.39, 0.29) is 25.0 Å². The molecule has 126 valence electrons. The Labute approximate surface area is 139 Å². The molecule has 24 heavy (non-hydrogen) atoms. The van der Waals surface area contributed by atoms with Crippen molar-refractivity contribution in [3.05, 3.63) is 30.0 Å². The molecule has 2 aliphatic heterocycles. The van der Waals surface area contributed by atoms with Crippen molar-refractivity contribution in [1.29, 1.82) is 0 Å². The van der Waals surface area contributed by atoms with Gasteiger partial charge in [0, 0.05) is 35.1 Å². The number of aromatic amines is 1. The van der Waals surface area contributed by atoms with E-state index in [0.29, 0.717) is 12.1 Å². The summed E-state index contributed by atoms with van der Waals surface area (Å²) in [6.07, 6.45) is 0.454. The molecule has 4 rings (SSSR count). The van der Waals surface area contributed by atoms with Gasteiger partial charge < -0.3 is 10.3 Å². The molecular weight excluding hydrogens is 328 g/mol. The fourth-order valence-electron chi connectivity index (χ4n) is 3.98. The Bertz CT molecular complexity index is 976. The standard InChI is InChI=1S/C17H18N2O4S/c1-10-6-11-7-12(2-3-15(11)18-10)19-16(21)17-5-4-14(24(17,22)23)8-13(20)9-17/h2-3,6-7,14,18H,4-5,8-9H2,1H3,(H,19,21). The van der Waals surface area contributed by atoms with Gasteiger partial charge in [-0.1, -0.05) is 0 Å². The molecular formula is C17H18N2O4S. The first-order chi connectivity index (χ1) is 11.3. The van der Waals surface area contributed by atoms with E-state index >= 15 is 0 Å². The molecule has 2 unspecified atom stereocenters. The Morgan fingerprint density at radius 1 is 1.33 bits per heavy atom. The molecule has 6 nitrogen and oxygen atoms in total. The van der Waals surface area contributed by atoms with Crippen molar-refractivity contribution in [3.63, 3.8) is 0 Å². The summed E-state index contributed by atoms with van der Waals surface area (Å²) in [6, 6.07) is 7.33. The van der Waals surface area contributed by atoms with Crippen LogP contribution in [0.25, 0.3) is 10.9 Å². The number of amides is 1. The summed E-state index contributed by atoms with van der Waals surface area (Å²) in [5.74, 6) is -0.719. The number of ketones is 1. The summed E-state index contributed by atoms with van der Waals surface area (Å²) < 4.78 is 23.8. The first kappa shape index (κ1) is 15.4. The zero-order valence-electron chi connectivity index (χ0n) is 13.3. The molecule has 2 fully saturated rings. The van der Waals surface area contributed by atoms with Crippen LogP contribution >= 0.6 is 0 Å². The summed E-state index contributed by atoms with van der Waals surface area (Å²) in [5, 5.41) is 2.97. The molecule has 2 saturated heterocycles. The number of benzene rings is 1. The smallest absolute Gasteiger partial charge is 0.246 e. The van der Waals surface area contributed by atoms with E-state index in [0.717, 1.165) is 16.6 Å². The Hall–Kier alpha value is -2.15. The van der Waals surface area contributed by atoms with Gasteiger partial charge in [-0.3, -0.25) is 9.59 Å². The van der Waals surface area contributed by atoms with Gasteiger partial charge in [0.25, 0.3) is 0 Å². The highest BCUT2D eigenvalue weighted by atomic mass is 32.2. The van der Waals surface area contributed by atoms with Gasteiger partial charge in [-0.2, -0.15) is 0 Å². The molecule has 3 heterocycles. The third-order valence-electron chi connectivity index (χ3n) is 5.22. The summed E-state index contributed by atoms with van der Waals surface area (Å²) in [7, 11) is -3.62. The molecule has 2 aromatic rings. The van der Waals surface area contributed by atoms with Crippen LogP contribution < -0.4 is 5.32 Å². The normalized spacial score (nSPS) is 28.2. The van der Waals surface area contributed by atoms with Crippen molar-refractivity contribution >= 4 is 38.1 Å². The number of fused-ring (bicyclic) bond motifs is 3. The predicted octanol–water partition coefficient (Wildman–Crippen LogP) is 2.09. The maximum absolute atomic E-state index is 12.8. The third kappa shape index (κ3) is 2.04. The van der Waals surface area contributed by atoms with Gasteiger partial charge in [0.05, 0.1) is 5.25 Å². The van der Waals surface area contributed by atoms with Crippen molar-refractivity contribution in [1.82, 2.24) is 4.98 Å². The van der Waals surface area contributed by atoms with E-state index in [1.807, 2.05) is 19.1 Å². The number of aromatic nitrogens is 1. The number of anilines is 1. The zero-order valence-corrected chi connectivity index (χ0v) is 14.1. The minimum absolute atomic E-state index is 0.0476. The summed E-state index contributed by atoms with van der Waals surface area (Å²) in [5.41, 5.74) is 2.49. The van der Waals surface area contributed by atoms with Gasteiger partial charge in [0.2, 0.25) is 5.91 Å². The SMILES string of the molecule is Cc1cc2cc(NC(=O)C34CCC(CC(=O)C3)S4(=O)=O)ccc2[nH]1. The van der Waals surface area contributed by atoms with Crippen LogP contribution in [0.2, 0.25) is 0 Å².